The van der Waals surface area contributed by atoms with Gasteiger partial charge in [0, 0.05) is 12.4 Å². The van der Waals surface area contributed by atoms with Gasteiger partial charge in [-0.2, -0.15) is 0 Å². The van der Waals surface area contributed by atoms with Crippen molar-refractivity contribution in [3.05, 3.63) is 40.7 Å². The van der Waals surface area contributed by atoms with Gasteiger partial charge in [-0.05, 0) is 23.8 Å². The Hall–Kier alpha value is -1.22. The van der Waals surface area contributed by atoms with E-state index in [0.29, 0.717) is 0 Å². The van der Waals surface area contributed by atoms with Crippen LogP contribution in [-0.4, -0.2) is 10.8 Å². The molecule has 0 atom stereocenters. The minimum atomic E-state index is 0.0763. The molecule has 72 valence electrons. The van der Waals surface area contributed by atoms with E-state index in [2.05, 4.69) is 0 Å². The van der Waals surface area contributed by atoms with Crippen LogP contribution in [0.3, 0.4) is 0 Å². The molecule has 0 N–H and O–H groups in total. The first-order chi connectivity index (χ1) is 6.74. The van der Waals surface area contributed by atoms with E-state index in [1.807, 2.05) is 36.6 Å². The van der Waals surface area contributed by atoms with Gasteiger partial charge in [0.2, 0.25) is 0 Å². The molecule has 1 heterocycles. The summed E-state index contributed by atoms with van der Waals surface area (Å²) in [4.78, 5) is 11.9. The predicted octanol–water partition coefficient (Wildman–Crippen LogP) is 2.26. The van der Waals surface area contributed by atoms with Gasteiger partial charge in [-0.25, -0.2) is 0 Å². The molecule has 3 heteroatoms. The number of fused-ring (bicyclic) bond motifs is 1. The summed E-state index contributed by atoms with van der Waals surface area (Å²) in [6.07, 6.45) is 1.98. The quantitative estimate of drug-likeness (QED) is 0.666. The van der Waals surface area contributed by atoms with Crippen molar-refractivity contribution in [2.24, 2.45) is 7.05 Å². The van der Waals surface area contributed by atoms with E-state index < -0.39 is 0 Å². The van der Waals surface area contributed by atoms with Crippen molar-refractivity contribution >= 4 is 22.5 Å². The molecule has 14 heavy (non-hydrogen) atoms. The van der Waals surface area contributed by atoms with E-state index in [0.717, 1.165) is 15.8 Å². The third-order valence-electron chi connectivity index (χ3n) is 2.31. The number of thioether (sulfide) groups is 1. The predicted molar refractivity (Wildman–Crippen MR) is 61.0 cm³/mol. The highest BCUT2D eigenvalue weighted by molar-refractivity contribution is 7.98. The molecule has 0 unspecified atom stereocenters. The Bertz CT molecular complexity index is 530. The lowest BCUT2D eigenvalue weighted by molar-refractivity contribution is 0.778. The molecule has 0 aliphatic heterocycles. The molecule has 0 radical (unpaired) electrons. The van der Waals surface area contributed by atoms with Crippen LogP contribution in [0.2, 0.25) is 0 Å². The van der Waals surface area contributed by atoms with Crippen molar-refractivity contribution in [3.63, 3.8) is 0 Å². The van der Waals surface area contributed by atoms with Gasteiger partial charge in [0.1, 0.15) is 0 Å². The van der Waals surface area contributed by atoms with E-state index in [9.17, 15) is 4.79 Å². The van der Waals surface area contributed by atoms with Crippen molar-refractivity contribution in [3.8, 4) is 0 Å². The third-order valence-corrected chi connectivity index (χ3v) is 3.12. The fourth-order valence-electron chi connectivity index (χ4n) is 1.52. The van der Waals surface area contributed by atoms with Gasteiger partial charge in [-0.15, -0.1) is 11.8 Å². The van der Waals surface area contributed by atoms with Gasteiger partial charge in [-0.3, -0.25) is 4.79 Å². The number of hydrogen-bond donors (Lipinski definition) is 0. The molecular formula is C11H11NOS. The van der Waals surface area contributed by atoms with Crippen LogP contribution >= 0.6 is 11.8 Å². The van der Waals surface area contributed by atoms with Gasteiger partial charge in [0.15, 0.2) is 0 Å². The third kappa shape index (κ3) is 1.34. The fraction of sp³-hybridized carbons (Fsp3) is 0.182. The zero-order valence-corrected chi connectivity index (χ0v) is 8.97. The molecular weight excluding hydrogens is 194 g/mol. The summed E-state index contributed by atoms with van der Waals surface area (Å²) < 4.78 is 1.69. The van der Waals surface area contributed by atoms with Crippen LogP contribution in [0.25, 0.3) is 10.8 Å². The normalized spacial score (nSPS) is 10.7. The fourth-order valence-corrected chi connectivity index (χ4v) is 2.13. The van der Waals surface area contributed by atoms with Crippen LogP contribution in [0.4, 0.5) is 0 Å². The summed E-state index contributed by atoms with van der Waals surface area (Å²) >= 11 is 1.59. The lowest BCUT2D eigenvalue weighted by Gasteiger charge is -2.06. The molecule has 0 saturated heterocycles. The van der Waals surface area contributed by atoms with Crippen LogP contribution in [0.5, 0.6) is 0 Å². The summed E-state index contributed by atoms with van der Waals surface area (Å²) in [6.45, 7) is 0. The minimum Gasteiger partial charge on any atom is -0.306 e. The Morgan fingerprint density at radius 1 is 1.29 bits per heavy atom. The van der Waals surface area contributed by atoms with Gasteiger partial charge in [-0.1, -0.05) is 18.2 Å². The average molecular weight is 205 g/mol. The van der Waals surface area contributed by atoms with E-state index in [1.165, 1.54) is 0 Å². The molecule has 0 aliphatic rings. The lowest BCUT2D eigenvalue weighted by atomic mass is 10.2. The van der Waals surface area contributed by atoms with Crippen molar-refractivity contribution in [2.75, 3.05) is 6.26 Å². The molecule has 2 aromatic rings. The Balaban J connectivity index is 2.92. The number of rotatable bonds is 1. The van der Waals surface area contributed by atoms with Crippen molar-refractivity contribution < 1.29 is 0 Å². The van der Waals surface area contributed by atoms with Gasteiger partial charge >= 0.3 is 0 Å². The molecule has 0 aliphatic carbocycles. The van der Waals surface area contributed by atoms with E-state index in [-0.39, 0.29) is 5.56 Å². The highest BCUT2D eigenvalue weighted by Gasteiger charge is 2.03. The summed E-state index contributed by atoms with van der Waals surface area (Å²) in [7, 11) is 1.81. The van der Waals surface area contributed by atoms with Crippen LogP contribution in [0, 0.1) is 0 Å². The van der Waals surface area contributed by atoms with Gasteiger partial charge in [0.25, 0.3) is 5.56 Å². The minimum absolute atomic E-state index is 0.0763. The molecule has 0 bridgehead atoms. The SMILES string of the molecule is CSc1cc2ccccc2c(=O)n1C. The monoisotopic (exact) mass is 205 g/mol. The van der Waals surface area contributed by atoms with Crippen LogP contribution in [-0.2, 0) is 7.05 Å². The average Bonchev–Trinajstić information content (AvgIpc) is 2.23. The Labute approximate surface area is 86.6 Å². The highest BCUT2D eigenvalue weighted by Crippen LogP contribution is 2.17. The Kier molecular flexibility index (Phi) is 2.33. The molecule has 2 rings (SSSR count). The van der Waals surface area contributed by atoms with Gasteiger partial charge < -0.3 is 4.57 Å². The second kappa shape index (κ2) is 3.50. The first-order valence-corrected chi connectivity index (χ1v) is 5.59. The molecule has 0 amide bonds. The zero-order valence-electron chi connectivity index (χ0n) is 8.15. The van der Waals surface area contributed by atoms with Crippen LogP contribution in [0.15, 0.2) is 40.2 Å². The lowest BCUT2D eigenvalue weighted by Crippen LogP contribution is -2.17. The van der Waals surface area contributed by atoms with Crippen LogP contribution < -0.4 is 5.56 Å². The first kappa shape index (κ1) is 9.34. The Morgan fingerprint density at radius 2 is 2.00 bits per heavy atom. The van der Waals surface area contributed by atoms with E-state index in [4.69, 9.17) is 0 Å². The second-order valence-electron chi connectivity index (χ2n) is 3.14. The second-order valence-corrected chi connectivity index (χ2v) is 3.96. The van der Waals surface area contributed by atoms with Crippen LogP contribution in [0.1, 0.15) is 0 Å². The molecule has 0 spiro atoms. The Morgan fingerprint density at radius 3 is 2.71 bits per heavy atom. The molecule has 1 aromatic carbocycles. The number of aromatic nitrogens is 1. The van der Waals surface area contributed by atoms with Gasteiger partial charge in [0.05, 0.1) is 5.03 Å². The number of hydrogen-bond acceptors (Lipinski definition) is 2. The molecule has 0 saturated carbocycles. The zero-order chi connectivity index (χ0) is 10.1. The maximum Gasteiger partial charge on any atom is 0.259 e. The van der Waals surface area contributed by atoms with Crippen molar-refractivity contribution in [2.45, 2.75) is 5.03 Å². The first-order valence-electron chi connectivity index (χ1n) is 4.37. The summed E-state index contributed by atoms with van der Waals surface area (Å²) in [6, 6.07) is 9.72. The summed E-state index contributed by atoms with van der Waals surface area (Å²) in [5.74, 6) is 0. The number of pyridine rings is 1. The van der Waals surface area contributed by atoms with E-state index >= 15 is 0 Å². The van der Waals surface area contributed by atoms with E-state index in [1.54, 1.807) is 23.4 Å². The van der Waals surface area contributed by atoms with Crippen molar-refractivity contribution in [1.29, 1.82) is 0 Å². The largest absolute Gasteiger partial charge is 0.306 e. The number of benzene rings is 1. The summed E-state index contributed by atoms with van der Waals surface area (Å²) in [5.41, 5.74) is 0.0763. The molecule has 2 nitrogen and oxygen atoms in total. The maximum absolute atomic E-state index is 11.9. The highest BCUT2D eigenvalue weighted by atomic mass is 32.2. The summed E-state index contributed by atoms with van der Waals surface area (Å²) in [5, 5.41) is 2.79. The number of nitrogens with zero attached hydrogens (tertiary/aromatic N) is 1. The topological polar surface area (TPSA) is 22.0 Å². The standard InChI is InChI=1S/C11H11NOS/c1-12-10(14-2)7-8-5-3-4-6-9(8)11(12)13/h3-7H,1-2H3. The molecule has 1 aromatic heterocycles. The van der Waals surface area contributed by atoms with Crippen molar-refractivity contribution in [1.82, 2.24) is 4.57 Å². The molecule has 0 fully saturated rings. The maximum atomic E-state index is 11.9. The smallest absolute Gasteiger partial charge is 0.259 e.